The average Bonchev–Trinajstić information content (AvgIpc) is 2.61. The monoisotopic (exact) mass is 372 g/mol. The van der Waals surface area contributed by atoms with Crippen LogP contribution in [-0.2, 0) is 19.1 Å². The van der Waals surface area contributed by atoms with E-state index >= 15 is 0 Å². The second-order valence-electron chi connectivity index (χ2n) is 6.35. The fourth-order valence-electron chi connectivity index (χ4n) is 3.08. The van der Waals surface area contributed by atoms with Crippen molar-refractivity contribution in [1.82, 2.24) is 15.5 Å². The average molecular weight is 372 g/mol. The molecule has 2 heterocycles. The van der Waals surface area contributed by atoms with Gasteiger partial charge in [0.1, 0.15) is 0 Å². The van der Waals surface area contributed by atoms with Crippen LogP contribution in [0.3, 0.4) is 0 Å². The van der Waals surface area contributed by atoms with E-state index in [1.807, 2.05) is 6.08 Å². The van der Waals surface area contributed by atoms with Crippen LogP contribution in [0.4, 0.5) is 4.79 Å². The minimum Gasteiger partial charge on any atom is -0.380 e. The number of carbonyl (C=O) groups excluding carboxylic acids is 4. The number of rotatable bonds is 5. The molecule has 5 amide bonds. The molecule has 0 saturated carbocycles. The summed E-state index contributed by atoms with van der Waals surface area (Å²) >= 11 is 0. The normalized spacial score (nSPS) is 23.4. The van der Waals surface area contributed by atoms with Gasteiger partial charge in [0, 0.05) is 50.7 Å². The van der Waals surface area contributed by atoms with E-state index < -0.39 is 6.03 Å². The molecular weight excluding hydrogens is 352 g/mol. The number of amides is 5. The number of aliphatic imine (C=N–C) groups is 1. The lowest BCUT2D eigenvalue weighted by Crippen LogP contribution is -2.49. The Morgan fingerprint density at radius 3 is 2.85 bits per heavy atom. The predicted molar refractivity (Wildman–Crippen MR) is 95.6 cm³/mol. The van der Waals surface area contributed by atoms with E-state index in [4.69, 9.17) is 4.74 Å². The van der Waals surface area contributed by atoms with Crippen LogP contribution in [0.15, 0.2) is 40.6 Å². The van der Waals surface area contributed by atoms with Crippen molar-refractivity contribution in [3.63, 3.8) is 0 Å². The summed E-state index contributed by atoms with van der Waals surface area (Å²) in [5, 5.41) is 4.97. The smallest absolute Gasteiger partial charge is 0.324 e. The zero-order valence-electron chi connectivity index (χ0n) is 14.9. The van der Waals surface area contributed by atoms with Crippen LogP contribution in [0.1, 0.15) is 12.8 Å². The number of urea groups is 1. The van der Waals surface area contributed by atoms with Crippen LogP contribution in [0.5, 0.6) is 0 Å². The fraction of sp³-hybridized carbons (Fsp3) is 0.389. The van der Waals surface area contributed by atoms with Crippen LogP contribution < -0.4 is 10.6 Å². The molecule has 0 aromatic heterocycles. The van der Waals surface area contributed by atoms with Crippen LogP contribution in [0.25, 0.3) is 0 Å². The molecule has 2 N–H and O–H groups in total. The molecule has 3 rings (SSSR count). The molecule has 0 radical (unpaired) electrons. The molecule has 1 fully saturated rings. The summed E-state index contributed by atoms with van der Waals surface area (Å²) in [5.41, 5.74) is 1.92. The van der Waals surface area contributed by atoms with Crippen LogP contribution in [0.2, 0.25) is 0 Å². The Hall–Kier alpha value is -3.07. The largest absolute Gasteiger partial charge is 0.380 e. The summed E-state index contributed by atoms with van der Waals surface area (Å²) in [5.74, 6) is -1.04. The van der Waals surface area contributed by atoms with Crippen molar-refractivity contribution in [2.45, 2.75) is 12.8 Å². The SMILES string of the molecule is COCC1=CC(=O)NC2=CC(=NC(=O)CCN3CCC(=O)NC3=O)C=CC12. The van der Waals surface area contributed by atoms with E-state index in [9.17, 15) is 19.2 Å². The highest BCUT2D eigenvalue weighted by atomic mass is 16.5. The van der Waals surface area contributed by atoms with Gasteiger partial charge in [0.15, 0.2) is 0 Å². The van der Waals surface area contributed by atoms with Crippen LogP contribution >= 0.6 is 0 Å². The number of hydrogen-bond acceptors (Lipinski definition) is 5. The summed E-state index contributed by atoms with van der Waals surface area (Å²) in [6, 6.07) is -0.489. The van der Waals surface area contributed by atoms with Gasteiger partial charge in [-0.05, 0) is 17.7 Å². The van der Waals surface area contributed by atoms with Gasteiger partial charge >= 0.3 is 6.03 Å². The molecule has 9 heteroatoms. The number of methoxy groups -OCH3 is 1. The highest BCUT2D eigenvalue weighted by Crippen LogP contribution is 2.27. The standard InChI is InChI=1S/C18H20N4O5/c1-27-10-11-8-17(25)20-14-9-12(2-3-13(11)14)19-15(23)4-6-22-7-5-16(24)21-18(22)26/h2-3,8-9,13H,4-7,10H2,1H3,(H,20,25)(H,21,24,26). The highest BCUT2D eigenvalue weighted by Gasteiger charge is 2.26. The Morgan fingerprint density at radius 1 is 1.30 bits per heavy atom. The fourth-order valence-corrected chi connectivity index (χ4v) is 3.08. The molecule has 1 saturated heterocycles. The molecule has 3 aliphatic rings. The topological polar surface area (TPSA) is 117 Å². The van der Waals surface area contributed by atoms with Gasteiger partial charge in [0.25, 0.3) is 0 Å². The van der Waals surface area contributed by atoms with E-state index in [1.54, 1.807) is 19.3 Å². The second-order valence-corrected chi connectivity index (χ2v) is 6.35. The summed E-state index contributed by atoms with van der Waals surface area (Å²) in [7, 11) is 1.56. The lowest BCUT2D eigenvalue weighted by Gasteiger charge is -2.27. The van der Waals surface area contributed by atoms with E-state index in [2.05, 4.69) is 15.6 Å². The van der Waals surface area contributed by atoms with Gasteiger partial charge in [-0.25, -0.2) is 9.79 Å². The van der Waals surface area contributed by atoms with Crippen LogP contribution in [0, 0.1) is 5.92 Å². The second kappa shape index (κ2) is 8.09. The number of ether oxygens (including phenoxy) is 1. The molecular formula is C18H20N4O5. The maximum absolute atomic E-state index is 12.1. The molecule has 0 spiro atoms. The first-order valence-corrected chi connectivity index (χ1v) is 8.56. The number of allylic oxidation sites excluding steroid dienone is 3. The van der Waals surface area contributed by atoms with E-state index in [-0.39, 0.29) is 43.0 Å². The summed E-state index contributed by atoms with van der Waals surface area (Å²) < 4.78 is 5.12. The predicted octanol–water partition coefficient (Wildman–Crippen LogP) is 0.0585. The Kier molecular flexibility index (Phi) is 5.60. The summed E-state index contributed by atoms with van der Waals surface area (Å²) in [6.07, 6.45) is 7.02. The first-order valence-electron chi connectivity index (χ1n) is 8.56. The van der Waals surface area contributed by atoms with Crippen LogP contribution in [-0.4, -0.2) is 61.2 Å². The lowest BCUT2D eigenvalue weighted by atomic mass is 9.88. The first-order chi connectivity index (χ1) is 13.0. The summed E-state index contributed by atoms with van der Waals surface area (Å²) in [4.78, 5) is 52.1. The van der Waals surface area contributed by atoms with Crippen molar-refractivity contribution < 1.29 is 23.9 Å². The number of carbonyl (C=O) groups is 4. The van der Waals surface area contributed by atoms with E-state index in [0.29, 0.717) is 24.6 Å². The van der Waals surface area contributed by atoms with Gasteiger partial charge < -0.3 is 15.0 Å². The third kappa shape index (κ3) is 4.56. The van der Waals surface area contributed by atoms with Crippen molar-refractivity contribution >= 4 is 29.5 Å². The molecule has 1 unspecified atom stereocenters. The highest BCUT2D eigenvalue weighted by molar-refractivity contribution is 6.11. The van der Waals surface area contributed by atoms with Gasteiger partial charge in [-0.3, -0.25) is 19.7 Å². The van der Waals surface area contributed by atoms with Gasteiger partial charge in [-0.1, -0.05) is 6.08 Å². The lowest BCUT2D eigenvalue weighted by molar-refractivity contribution is -0.121. The van der Waals surface area contributed by atoms with E-state index in [1.165, 1.54) is 11.0 Å². The van der Waals surface area contributed by atoms with Crippen molar-refractivity contribution in [3.05, 3.63) is 35.6 Å². The van der Waals surface area contributed by atoms with Gasteiger partial charge in [-0.2, -0.15) is 0 Å². The zero-order valence-corrected chi connectivity index (χ0v) is 14.9. The quantitative estimate of drug-likeness (QED) is 0.708. The summed E-state index contributed by atoms with van der Waals surface area (Å²) in [6.45, 7) is 0.821. The molecule has 27 heavy (non-hydrogen) atoms. The molecule has 0 aromatic rings. The molecule has 1 atom stereocenters. The molecule has 2 aliphatic heterocycles. The number of nitrogens with one attached hydrogen (secondary N) is 2. The maximum Gasteiger partial charge on any atom is 0.324 e. The molecule has 9 nitrogen and oxygen atoms in total. The molecule has 1 aliphatic carbocycles. The number of hydrogen-bond donors (Lipinski definition) is 2. The maximum atomic E-state index is 12.1. The number of imide groups is 1. The zero-order chi connectivity index (χ0) is 19.4. The van der Waals surface area contributed by atoms with Gasteiger partial charge in [-0.15, -0.1) is 0 Å². The van der Waals surface area contributed by atoms with E-state index in [0.717, 1.165) is 5.57 Å². The number of nitrogens with zero attached hydrogens (tertiary/aromatic N) is 2. The third-order valence-corrected chi connectivity index (χ3v) is 4.38. The third-order valence-electron chi connectivity index (χ3n) is 4.38. The van der Waals surface area contributed by atoms with Gasteiger partial charge in [0.05, 0.1) is 12.3 Å². The van der Waals surface area contributed by atoms with Crippen molar-refractivity contribution in [3.8, 4) is 0 Å². The van der Waals surface area contributed by atoms with Crippen molar-refractivity contribution in [1.29, 1.82) is 0 Å². The Bertz CT molecular complexity index is 809. The van der Waals surface area contributed by atoms with Crippen molar-refractivity contribution in [2.24, 2.45) is 10.9 Å². The van der Waals surface area contributed by atoms with Crippen molar-refractivity contribution in [2.75, 3.05) is 26.8 Å². The molecule has 0 aromatic carbocycles. The molecule has 142 valence electrons. The minimum absolute atomic E-state index is 0.0484. The Balaban J connectivity index is 1.61. The Labute approximate surface area is 155 Å². The minimum atomic E-state index is -0.489. The number of fused-ring (bicyclic) bond motifs is 1. The van der Waals surface area contributed by atoms with Gasteiger partial charge in [0.2, 0.25) is 17.7 Å². The molecule has 0 bridgehead atoms. The first kappa shape index (κ1) is 18.7. The Morgan fingerprint density at radius 2 is 2.11 bits per heavy atom.